The number of rotatable bonds is 5. The molecule has 2 rings (SSSR count). The molecule has 23 heavy (non-hydrogen) atoms. The van der Waals surface area contributed by atoms with Crippen molar-refractivity contribution in [3.63, 3.8) is 0 Å². The highest BCUT2D eigenvalue weighted by Gasteiger charge is 2.14. The molecule has 0 heterocycles. The average molecular weight is 313 g/mol. The number of carbonyl (C=O) groups is 1. The zero-order valence-corrected chi connectivity index (χ0v) is 13.3. The van der Waals surface area contributed by atoms with Crippen molar-refractivity contribution in [1.29, 1.82) is 0 Å². The number of nitrogens with zero attached hydrogens (tertiary/aromatic N) is 1. The van der Waals surface area contributed by atoms with Gasteiger partial charge in [-0.15, -0.1) is 0 Å². The lowest BCUT2D eigenvalue weighted by Gasteiger charge is -2.13. The molecule has 0 spiro atoms. The van der Waals surface area contributed by atoms with Crippen LogP contribution in [-0.4, -0.2) is 17.4 Å². The highest BCUT2D eigenvalue weighted by molar-refractivity contribution is 5.95. The van der Waals surface area contributed by atoms with E-state index in [1.54, 1.807) is 18.2 Å². The summed E-state index contributed by atoms with van der Waals surface area (Å²) in [5.41, 5.74) is 4.16. The lowest BCUT2D eigenvalue weighted by Crippen LogP contribution is -2.23. The van der Waals surface area contributed by atoms with Gasteiger partial charge in [-0.3, -0.25) is 14.9 Å². The second-order valence-electron chi connectivity index (χ2n) is 5.45. The van der Waals surface area contributed by atoms with Crippen molar-refractivity contribution in [3.05, 3.63) is 63.2 Å². The van der Waals surface area contributed by atoms with Gasteiger partial charge in [0.1, 0.15) is 5.69 Å². The van der Waals surface area contributed by atoms with Crippen molar-refractivity contribution in [2.24, 2.45) is 0 Å². The van der Waals surface area contributed by atoms with Crippen molar-refractivity contribution in [3.8, 4) is 0 Å². The summed E-state index contributed by atoms with van der Waals surface area (Å²) in [5.74, 6) is -0.252. The largest absolute Gasteiger partial charge is 0.371 e. The summed E-state index contributed by atoms with van der Waals surface area (Å²) in [6.07, 6.45) is 0. The second kappa shape index (κ2) is 6.91. The van der Waals surface area contributed by atoms with Gasteiger partial charge in [0, 0.05) is 11.8 Å². The van der Waals surface area contributed by atoms with Gasteiger partial charge in [0.15, 0.2) is 0 Å². The third-order valence-electron chi connectivity index (χ3n) is 3.48. The molecule has 1 amide bonds. The Kier molecular flexibility index (Phi) is 4.95. The highest BCUT2D eigenvalue weighted by Crippen LogP contribution is 2.24. The molecule has 0 aliphatic rings. The van der Waals surface area contributed by atoms with Gasteiger partial charge in [-0.2, -0.15) is 0 Å². The van der Waals surface area contributed by atoms with Crippen LogP contribution in [0.4, 0.5) is 17.1 Å². The molecule has 120 valence electrons. The predicted molar refractivity (Wildman–Crippen MR) is 90.9 cm³/mol. The average Bonchev–Trinajstić information content (AvgIpc) is 2.49. The molecule has 0 aliphatic carbocycles. The minimum atomic E-state index is -0.478. The fraction of sp³-hybridized carbons (Fsp3) is 0.235. The Balaban J connectivity index is 2.06. The number of anilines is 2. The molecule has 0 aliphatic heterocycles. The molecule has 6 heteroatoms. The van der Waals surface area contributed by atoms with Crippen LogP contribution in [0, 0.1) is 30.9 Å². The first-order chi connectivity index (χ1) is 10.9. The summed E-state index contributed by atoms with van der Waals surface area (Å²) >= 11 is 0. The molecule has 0 bridgehead atoms. The molecular weight excluding hydrogens is 294 g/mol. The summed E-state index contributed by atoms with van der Waals surface area (Å²) in [5, 5.41) is 16.6. The molecule has 2 aromatic carbocycles. The van der Waals surface area contributed by atoms with Crippen molar-refractivity contribution < 1.29 is 9.72 Å². The van der Waals surface area contributed by atoms with Crippen LogP contribution in [0.5, 0.6) is 0 Å². The molecule has 0 aromatic heterocycles. The van der Waals surface area contributed by atoms with Gasteiger partial charge in [0.05, 0.1) is 11.5 Å². The van der Waals surface area contributed by atoms with Gasteiger partial charge < -0.3 is 10.6 Å². The Hall–Kier alpha value is -2.89. The summed E-state index contributed by atoms with van der Waals surface area (Å²) < 4.78 is 0. The number of nitro benzene ring substituents is 1. The highest BCUT2D eigenvalue weighted by atomic mass is 16.6. The Morgan fingerprint density at radius 2 is 1.74 bits per heavy atom. The maximum atomic E-state index is 12.1. The number of amides is 1. The van der Waals surface area contributed by atoms with Gasteiger partial charge in [-0.05, 0) is 38.0 Å². The third kappa shape index (κ3) is 4.06. The first kappa shape index (κ1) is 16.5. The molecule has 2 aromatic rings. The summed E-state index contributed by atoms with van der Waals surface area (Å²) in [4.78, 5) is 22.6. The van der Waals surface area contributed by atoms with E-state index in [1.807, 2.05) is 32.9 Å². The zero-order valence-electron chi connectivity index (χ0n) is 13.3. The van der Waals surface area contributed by atoms with Gasteiger partial charge >= 0.3 is 0 Å². The third-order valence-corrected chi connectivity index (χ3v) is 3.48. The number of hydrogen-bond acceptors (Lipinski definition) is 4. The van der Waals surface area contributed by atoms with Gasteiger partial charge in [-0.25, -0.2) is 0 Å². The van der Waals surface area contributed by atoms with E-state index in [0.717, 1.165) is 22.4 Å². The topological polar surface area (TPSA) is 84.3 Å². The monoisotopic (exact) mass is 313 g/mol. The Labute approximate surface area is 134 Å². The molecule has 0 radical (unpaired) electrons. The molecule has 6 nitrogen and oxygen atoms in total. The van der Waals surface area contributed by atoms with E-state index in [1.165, 1.54) is 6.07 Å². The minimum Gasteiger partial charge on any atom is -0.371 e. The van der Waals surface area contributed by atoms with E-state index in [-0.39, 0.29) is 18.1 Å². The van der Waals surface area contributed by atoms with E-state index in [9.17, 15) is 14.9 Å². The van der Waals surface area contributed by atoms with Crippen LogP contribution < -0.4 is 10.6 Å². The molecule has 0 saturated carbocycles. The Morgan fingerprint density at radius 3 is 2.35 bits per heavy atom. The van der Waals surface area contributed by atoms with Crippen LogP contribution in [0.2, 0.25) is 0 Å². The van der Waals surface area contributed by atoms with E-state index in [0.29, 0.717) is 5.69 Å². The summed E-state index contributed by atoms with van der Waals surface area (Å²) in [6, 6.07) is 10.2. The van der Waals surface area contributed by atoms with Gasteiger partial charge in [0.2, 0.25) is 5.91 Å². The maximum absolute atomic E-state index is 12.1. The van der Waals surface area contributed by atoms with Gasteiger partial charge in [-0.1, -0.05) is 29.8 Å². The van der Waals surface area contributed by atoms with Crippen molar-refractivity contribution in [1.82, 2.24) is 0 Å². The lowest BCUT2D eigenvalue weighted by atomic mass is 10.1. The first-order valence-corrected chi connectivity index (χ1v) is 7.23. The van der Waals surface area contributed by atoms with Crippen molar-refractivity contribution in [2.75, 3.05) is 17.2 Å². The number of benzene rings is 2. The van der Waals surface area contributed by atoms with Crippen molar-refractivity contribution in [2.45, 2.75) is 20.8 Å². The number of carbonyl (C=O) groups excluding carboxylic acids is 1. The van der Waals surface area contributed by atoms with E-state index in [4.69, 9.17) is 0 Å². The lowest BCUT2D eigenvalue weighted by molar-refractivity contribution is -0.383. The molecule has 0 unspecified atom stereocenters. The summed E-state index contributed by atoms with van der Waals surface area (Å²) in [7, 11) is 0. The van der Waals surface area contributed by atoms with Gasteiger partial charge in [0.25, 0.3) is 5.69 Å². The van der Waals surface area contributed by atoms with Crippen LogP contribution in [0.25, 0.3) is 0 Å². The SMILES string of the molecule is Cc1cc(C)c(NC(=O)CNc2ccccc2[N+](=O)[O-])c(C)c1. The minimum absolute atomic E-state index is 0.0440. The number of nitrogens with one attached hydrogen (secondary N) is 2. The number of nitro groups is 1. The van der Waals surface area contributed by atoms with Crippen LogP contribution in [0.1, 0.15) is 16.7 Å². The standard InChI is InChI=1S/C17H19N3O3/c1-11-8-12(2)17(13(3)9-11)19-16(21)10-18-14-6-4-5-7-15(14)20(22)23/h4-9,18H,10H2,1-3H3,(H,19,21). The Morgan fingerprint density at radius 1 is 1.13 bits per heavy atom. The molecule has 0 saturated heterocycles. The fourth-order valence-electron chi connectivity index (χ4n) is 2.52. The second-order valence-corrected chi connectivity index (χ2v) is 5.45. The summed E-state index contributed by atoms with van der Waals surface area (Å²) in [6.45, 7) is 5.83. The van der Waals surface area contributed by atoms with Crippen LogP contribution >= 0.6 is 0 Å². The number of hydrogen-bond donors (Lipinski definition) is 2. The smallest absolute Gasteiger partial charge is 0.292 e. The quantitative estimate of drug-likeness (QED) is 0.653. The molecule has 0 fully saturated rings. The molecular formula is C17H19N3O3. The zero-order chi connectivity index (χ0) is 17.0. The van der Waals surface area contributed by atoms with Crippen LogP contribution in [0.15, 0.2) is 36.4 Å². The molecule has 0 atom stereocenters. The molecule has 2 N–H and O–H groups in total. The number of aryl methyl sites for hydroxylation is 3. The van der Waals surface area contributed by atoms with E-state index >= 15 is 0 Å². The number of para-hydroxylation sites is 2. The normalized spacial score (nSPS) is 10.2. The van der Waals surface area contributed by atoms with Crippen LogP contribution in [0.3, 0.4) is 0 Å². The predicted octanol–water partition coefficient (Wildman–Crippen LogP) is 3.57. The van der Waals surface area contributed by atoms with Crippen LogP contribution in [-0.2, 0) is 4.79 Å². The fourth-order valence-corrected chi connectivity index (χ4v) is 2.52. The van der Waals surface area contributed by atoms with E-state index in [2.05, 4.69) is 10.6 Å². The van der Waals surface area contributed by atoms with Crippen molar-refractivity contribution >= 4 is 23.0 Å². The first-order valence-electron chi connectivity index (χ1n) is 7.23. The maximum Gasteiger partial charge on any atom is 0.292 e. The van der Waals surface area contributed by atoms with E-state index < -0.39 is 4.92 Å². The Bertz CT molecular complexity index is 733.